The van der Waals surface area contributed by atoms with Gasteiger partial charge in [0.1, 0.15) is 0 Å². The number of allylic oxidation sites excluding steroid dienone is 1. The number of phosphoric acid groups is 1. The van der Waals surface area contributed by atoms with Crippen molar-refractivity contribution >= 4 is 13.7 Å². The van der Waals surface area contributed by atoms with Crippen LogP contribution >= 0.6 is 7.82 Å². The number of rotatable bonds is 37. The molecule has 7 nitrogen and oxygen atoms in total. The Balaban J connectivity index is 3.94. The van der Waals surface area contributed by atoms with Crippen LogP contribution in [0.2, 0.25) is 0 Å². The number of hydrogen-bond donors (Lipinski definition) is 4. The van der Waals surface area contributed by atoms with Gasteiger partial charge in [0.2, 0.25) is 5.91 Å². The summed E-state index contributed by atoms with van der Waals surface area (Å²) in [7, 11) is -4.71. The van der Waals surface area contributed by atoms with Crippen LogP contribution in [0.4, 0.5) is 0 Å². The lowest BCUT2D eigenvalue weighted by molar-refractivity contribution is -0.123. The molecule has 0 heterocycles. The molecule has 0 saturated heterocycles. The fourth-order valence-corrected chi connectivity index (χ4v) is 6.52. The van der Waals surface area contributed by atoms with Gasteiger partial charge in [-0.2, -0.15) is 0 Å². The number of aliphatic hydroxyl groups excluding tert-OH is 1. The molecule has 2 atom stereocenters. The van der Waals surface area contributed by atoms with Crippen LogP contribution in [0.1, 0.15) is 213 Å². The molecular weight excluding hydrogens is 609 g/mol. The molecule has 8 heteroatoms. The van der Waals surface area contributed by atoms with E-state index in [0.717, 1.165) is 38.5 Å². The molecule has 0 fully saturated rings. The summed E-state index contributed by atoms with van der Waals surface area (Å²) in [5, 5.41) is 13.4. The summed E-state index contributed by atoms with van der Waals surface area (Å²) in [6, 6.07) is -0.903. The van der Waals surface area contributed by atoms with Crippen molar-refractivity contribution in [2.75, 3.05) is 6.61 Å². The van der Waals surface area contributed by atoms with Crippen molar-refractivity contribution in [3.05, 3.63) is 12.2 Å². The number of hydrogen-bond acceptors (Lipinski definition) is 4. The molecule has 0 spiro atoms. The Morgan fingerprint density at radius 3 is 1.30 bits per heavy atom. The van der Waals surface area contributed by atoms with Crippen molar-refractivity contribution in [2.45, 2.75) is 225 Å². The number of phosphoric ester groups is 1. The molecule has 0 rings (SSSR count). The number of nitrogens with one attached hydrogen (secondary N) is 1. The predicted octanol–water partition coefficient (Wildman–Crippen LogP) is 11.6. The normalized spacial score (nSPS) is 13.4. The van der Waals surface area contributed by atoms with E-state index >= 15 is 0 Å². The van der Waals surface area contributed by atoms with Gasteiger partial charge in [0.15, 0.2) is 0 Å². The molecule has 47 heavy (non-hydrogen) atoms. The molecule has 0 aliphatic rings. The van der Waals surface area contributed by atoms with Crippen molar-refractivity contribution in [1.82, 2.24) is 5.32 Å². The number of amides is 1. The van der Waals surface area contributed by atoms with E-state index in [2.05, 4.69) is 23.7 Å². The molecule has 0 bridgehead atoms. The maximum absolute atomic E-state index is 12.5. The van der Waals surface area contributed by atoms with Crippen LogP contribution in [0.3, 0.4) is 0 Å². The van der Waals surface area contributed by atoms with Crippen LogP contribution in [-0.4, -0.2) is 39.6 Å². The second-order valence-electron chi connectivity index (χ2n) is 14.0. The summed E-state index contributed by atoms with van der Waals surface area (Å²) < 4.78 is 15.9. The van der Waals surface area contributed by atoms with Gasteiger partial charge in [-0.25, -0.2) is 4.57 Å². The Labute approximate surface area is 291 Å². The highest BCUT2D eigenvalue weighted by molar-refractivity contribution is 7.46. The maximum Gasteiger partial charge on any atom is 0.469 e. The average Bonchev–Trinajstić information content (AvgIpc) is 3.04. The number of carbonyl (C=O) groups is 1. The second kappa shape index (κ2) is 35.1. The van der Waals surface area contributed by atoms with E-state index in [4.69, 9.17) is 9.79 Å². The van der Waals surface area contributed by atoms with Crippen LogP contribution in [0.15, 0.2) is 12.2 Å². The highest BCUT2D eigenvalue weighted by Gasteiger charge is 2.24. The Morgan fingerprint density at radius 2 is 0.936 bits per heavy atom. The van der Waals surface area contributed by atoms with Gasteiger partial charge in [-0.05, 0) is 19.3 Å². The minimum absolute atomic E-state index is 0.224. The van der Waals surface area contributed by atoms with E-state index in [0.29, 0.717) is 6.42 Å². The maximum atomic E-state index is 12.5. The molecule has 0 aromatic carbocycles. The summed E-state index contributed by atoms with van der Waals surface area (Å²) in [5.41, 5.74) is 0. The summed E-state index contributed by atoms with van der Waals surface area (Å²) in [4.78, 5) is 30.8. The summed E-state index contributed by atoms with van der Waals surface area (Å²) in [6.07, 6.45) is 40.9. The fraction of sp³-hybridized carbons (Fsp3) is 0.923. The highest BCUT2D eigenvalue weighted by Crippen LogP contribution is 2.35. The van der Waals surface area contributed by atoms with Crippen LogP contribution < -0.4 is 5.32 Å². The zero-order valence-electron chi connectivity index (χ0n) is 31.0. The minimum Gasteiger partial charge on any atom is -0.387 e. The molecule has 4 N–H and O–H groups in total. The standard InChI is InChI=1S/C39H78NO6P/c1-3-5-7-9-11-13-15-17-18-19-20-21-23-25-27-29-31-33-35-39(42)40-37(36-46-47(43,44)45)38(41)34-32-30-28-26-24-22-16-14-12-10-8-6-4-2/h32,34,37-38,41H,3-31,33,35-36H2,1-2H3,(H,40,42)(H2,43,44,45)/b34-32+/t37-,38+/m0/s1. The third-order valence-corrected chi connectivity index (χ3v) is 9.73. The summed E-state index contributed by atoms with van der Waals surface area (Å²) >= 11 is 0. The number of aliphatic hydroxyl groups is 1. The zero-order chi connectivity index (χ0) is 34.7. The largest absolute Gasteiger partial charge is 0.469 e. The first-order valence-corrected chi connectivity index (χ1v) is 21.7. The first kappa shape index (κ1) is 46.3. The Bertz CT molecular complexity index is 743. The minimum atomic E-state index is -4.71. The number of carbonyl (C=O) groups excluding carboxylic acids is 1. The first-order chi connectivity index (χ1) is 22.8. The molecule has 1 amide bonds. The lowest BCUT2D eigenvalue weighted by Crippen LogP contribution is -2.45. The Hall–Kier alpha value is -0.720. The third-order valence-electron chi connectivity index (χ3n) is 9.25. The fourth-order valence-electron chi connectivity index (χ4n) is 6.17. The van der Waals surface area contributed by atoms with Gasteiger partial charge < -0.3 is 20.2 Å². The molecule has 0 aromatic rings. The molecule has 0 saturated carbocycles. The molecule has 0 aromatic heterocycles. The van der Waals surface area contributed by atoms with E-state index < -0.39 is 26.6 Å². The first-order valence-electron chi connectivity index (χ1n) is 20.1. The van der Waals surface area contributed by atoms with E-state index in [1.807, 2.05) is 6.08 Å². The van der Waals surface area contributed by atoms with Crippen molar-refractivity contribution in [2.24, 2.45) is 0 Å². The van der Waals surface area contributed by atoms with Gasteiger partial charge in [0.05, 0.1) is 18.8 Å². The van der Waals surface area contributed by atoms with Gasteiger partial charge in [0, 0.05) is 6.42 Å². The highest BCUT2D eigenvalue weighted by atomic mass is 31.2. The van der Waals surface area contributed by atoms with Gasteiger partial charge in [-0.1, -0.05) is 199 Å². The van der Waals surface area contributed by atoms with E-state index in [1.165, 1.54) is 154 Å². The van der Waals surface area contributed by atoms with Crippen LogP contribution in [-0.2, 0) is 13.9 Å². The van der Waals surface area contributed by atoms with E-state index in [1.54, 1.807) is 6.08 Å². The smallest absolute Gasteiger partial charge is 0.387 e. The summed E-state index contributed by atoms with van der Waals surface area (Å²) in [6.45, 7) is 4.07. The molecule has 0 unspecified atom stereocenters. The van der Waals surface area contributed by atoms with Crippen molar-refractivity contribution in [1.29, 1.82) is 0 Å². The quantitative estimate of drug-likeness (QED) is 0.0293. The van der Waals surface area contributed by atoms with E-state index in [9.17, 15) is 14.5 Å². The second-order valence-corrected chi connectivity index (χ2v) is 15.2. The van der Waals surface area contributed by atoms with Gasteiger partial charge in [-0.15, -0.1) is 0 Å². The van der Waals surface area contributed by atoms with Crippen LogP contribution in [0.5, 0.6) is 0 Å². The number of unbranched alkanes of at least 4 members (excludes halogenated alkanes) is 28. The van der Waals surface area contributed by atoms with Crippen molar-refractivity contribution in [3.63, 3.8) is 0 Å². The average molecular weight is 688 g/mol. The van der Waals surface area contributed by atoms with Gasteiger partial charge >= 0.3 is 7.82 Å². The van der Waals surface area contributed by atoms with Crippen molar-refractivity contribution in [3.8, 4) is 0 Å². The monoisotopic (exact) mass is 688 g/mol. The lowest BCUT2D eigenvalue weighted by Gasteiger charge is -2.22. The van der Waals surface area contributed by atoms with E-state index in [-0.39, 0.29) is 5.91 Å². The molecule has 0 aliphatic heterocycles. The third kappa shape index (κ3) is 36.4. The van der Waals surface area contributed by atoms with Crippen LogP contribution in [0.25, 0.3) is 0 Å². The molecule has 0 radical (unpaired) electrons. The molecule has 0 aliphatic carbocycles. The van der Waals surface area contributed by atoms with Crippen molar-refractivity contribution < 1.29 is 28.8 Å². The zero-order valence-corrected chi connectivity index (χ0v) is 31.8. The van der Waals surface area contributed by atoms with Gasteiger partial charge in [-0.3, -0.25) is 9.32 Å². The summed E-state index contributed by atoms with van der Waals surface area (Å²) in [5.74, 6) is -0.224. The predicted molar refractivity (Wildman–Crippen MR) is 200 cm³/mol. The molecule has 280 valence electrons. The Kier molecular flexibility index (Phi) is 34.6. The molecular formula is C39H78NO6P. The Morgan fingerprint density at radius 1 is 0.596 bits per heavy atom. The SMILES string of the molecule is CCCCCCCCCCCCC/C=C/[C@@H](O)[C@H](COP(=O)(O)O)NC(=O)CCCCCCCCCCCCCCCCCCCC. The lowest BCUT2D eigenvalue weighted by atomic mass is 10.0. The van der Waals surface area contributed by atoms with Crippen LogP contribution in [0, 0.1) is 0 Å². The van der Waals surface area contributed by atoms with Gasteiger partial charge in [0.25, 0.3) is 0 Å². The topological polar surface area (TPSA) is 116 Å².